The maximum Gasteiger partial charge on any atom is 0.229 e. The first-order chi connectivity index (χ1) is 15.7. The highest BCUT2D eigenvalue weighted by Gasteiger charge is 2.19. The highest BCUT2D eigenvalue weighted by atomic mass is 16.3. The Morgan fingerprint density at radius 2 is 1.88 bits per heavy atom. The molecule has 0 spiro atoms. The van der Waals surface area contributed by atoms with E-state index in [1.54, 1.807) is 6.20 Å². The average Bonchev–Trinajstić information content (AvgIpc) is 2.84. The molecule has 3 aromatic heterocycles. The molecule has 168 valence electrons. The van der Waals surface area contributed by atoms with Gasteiger partial charge in [-0.3, -0.25) is 4.90 Å². The maximum absolute atomic E-state index is 9.65. The zero-order valence-electron chi connectivity index (χ0n) is 18.2. The molecular weight excluding hydrogens is 406 g/mol. The second-order valence-corrected chi connectivity index (χ2v) is 8.45. The van der Waals surface area contributed by atoms with Gasteiger partial charge in [-0.15, -0.1) is 0 Å². The fourth-order valence-corrected chi connectivity index (χ4v) is 4.54. The molecule has 5 heterocycles. The van der Waals surface area contributed by atoms with Gasteiger partial charge in [-0.05, 0) is 37.0 Å². The normalized spacial score (nSPS) is 16.9. The van der Waals surface area contributed by atoms with Gasteiger partial charge in [0.2, 0.25) is 5.95 Å². The molecule has 0 bridgehead atoms. The summed E-state index contributed by atoms with van der Waals surface area (Å²) in [5.41, 5.74) is 3.70. The number of anilines is 3. The van der Waals surface area contributed by atoms with Crippen molar-refractivity contribution in [3.05, 3.63) is 41.3 Å². The lowest BCUT2D eigenvalue weighted by Gasteiger charge is -2.28. The first kappa shape index (κ1) is 21.0. The van der Waals surface area contributed by atoms with Crippen molar-refractivity contribution in [2.75, 3.05) is 43.0 Å². The first-order valence-corrected chi connectivity index (χ1v) is 11.3. The number of aliphatic hydroxyl groups is 2. The minimum absolute atomic E-state index is 0.106. The Balaban J connectivity index is 1.42. The summed E-state index contributed by atoms with van der Waals surface area (Å²) >= 11 is 0. The lowest BCUT2D eigenvalue weighted by Crippen LogP contribution is -2.33. The topological polar surface area (TPSA) is 111 Å². The van der Waals surface area contributed by atoms with Gasteiger partial charge in [0.25, 0.3) is 0 Å². The van der Waals surface area contributed by atoms with E-state index in [9.17, 15) is 10.2 Å². The molecule has 1 fully saturated rings. The number of piperidine rings is 1. The molecule has 32 heavy (non-hydrogen) atoms. The fourth-order valence-electron chi connectivity index (χ4n) is 4.54. The van der Waals surface area contributed by atoms with Crippen molar-refractivity contribution in [1.29, 1.82) is 0 Å². The predicted octanol–water partition coefficient (Wildman–Crippen LogP) is 2.00. The molecule has 0 amide bonds. The summed E-state index contributed by atoms with van der Waals surface area (Å²) in [5, 5.41) is 23.0. The molecule has 9 nitrogen and oxygen atoms in total. The fraction of sp³-hybridized carbons (Fsp3) is 0.478. The lowest BCUT2D eigenvalue weighted by molar-refractivity contribution is 0.183. The largest absolute Gasteiger partial charge is 0.395 e. The van der Waals surface area contributed by atoms with Gasteiger partial charge < -0.3 is 20.4 Å². The monoisotopic (exact) mass is 435 g/mol. The molecule has 2 aliphatic heterocycles. The number of aromatic nitrogens is 4. The van der Waals surface area contributed by atoms with Gasteiger partial charge in [0.15, 0.2) is 5.82 Å². The summed E-state index contributed by atoms with van der Waals surface area (Å²) in [5.74, 6) is 2.02. The van der Waals surface area contributed by atoms with Crippen molar-refractivity contribution >= 4 is 28.5 Å². The zero-order chi connectivity index (χ0) is 21.9. The van der Waals surface area contributed by atoms with E-state index in [1.807, 2.05) is 12.1 Å². The highest BCUT2D eigenvalue weighted by molar-refractivity contribution is 5.89. The number of nitrogens with one attached hydrogen (secondary N) is 1. The second-order valence-electron chi connectivity index (χ2n) is 8.45. The molecule has 5 rings (SSSR count). The summed E-state index contributed by atoms with van der Waals surface area (Å²) in [4.78, 5) is 23.2. The van der Waals surface area contributed by atoms with Gasteiger partial charge in [-0.1, -0.05) is 6.07 Å². The standard InChI is InChI=1S/C23H29N7O2/c31-11-10-29-9-6-19-16(14-29)4-5-20(26-19)27-23-24-13-17-12-18(15-32)25-22(21(17)28-23)30-7-2-1-3-8-30/h4-5,12-13,31-32H,1-3,6-11,14-15H2,(H,24,26,27,28). The van der Waals surface area contributed by atoms with Gasteiger partial charge >= 0.3 is 0 Å². The number of nitrogens with zero attached hydrogens (tertiary/aromatic N) is 6. The van der Waals surface area contributed by atoms with E-state index in [4.69, 9.17) is 15.0 Å². The van der Waals surface area contributed by atoms with E-state index in [0.29, 0.717) is 18.2 Å². The van der Waals surface area contributed by atoms with Gasteiger partial charge in [0.1, 0.15) is 11.3 Å². The van der Waals surface area contributed by atoms with E-state index in [2.05, 4.69) is 26.2 Å². The number of pyridine rings is 2. The molecule has 0 aromatic carbocycles. The van der Waals surface area contributed by atoms with Crippen LogP contribution in [0.1, 0.15) is 36.2 Å². The van der Waals surface area contributed by atoms with Crippen LogP contribution in [0.25, 0.3) is 10.9 Å². The summed E-state index contributed by atoms with van der Waals surface area (Å²) in [6.07, 6.45) is 6.15. The molecule has 3 aromatic rings. The van der Waals surface area contributed by atoms with Gasteiger partial charge in [0, 0.05) is 56.4 Å². The SMILES string of the molecule is OCCN1CCc2nc(Nc3ncc4cc(CO)nc(N5CCCCC5)c4n3)ccc2C1. The predicted molar refractivity (Wildman–Crippen MR) is 123 cm³/mol. The van der Waals surface area contributed by atoms with Crippen molar-refractivity contribution in [2.45, 2.75) is 38.8 Å². The Morgan fingerprint density at radius 3 is 2.69 bits per heavy atom. The van der Waals surface area contributed by atoms with Crippen molar-refractivity contribution in [2.24, 2.45) is 0 Å². The Hall–Kier alpha value is -2.88. The molecule has 9 heteroatoms. The average molecular weight is 436 g/mol. The van der Waals surface area contributed by atoms with Crippen LogP contribution in [0.15, 0.2) is 24.4 Å². The minimum Gasteiger partial charge on any atom is -0.395 e. The van der Waals surface area contributed by atoms with Crippen LogP contribution in [-0.4, -0.2) is 67.8 Å². The number of β-amino-alcohol motifs (C(OH)–C–C–N with tert-alkyl or cyclic N) is 1. The first-order valence-electron chi connectivity index (χ1n) is 11.3. The van der Waals surface area contributed by atoms with Crippen LogP contribution in [-0.2, 0) is 19.6 Å². The van der Waals surface area contributed by atoms with Gasteiger partial charge in [-0.25, -0.2) is 19.9 Å². The van der Waals surface area contributed by atoms with E-state index in [1.165, 1.54) is 12.0 Å². The maximum atomic E-state index is 9.65. The molecule has 3 N–H and O–H groups in total. The van der Waals surface area contributed by atoms with Gasteiger partial charge in [-0.2, -0.15) is 0 Å². The molecule has 1 saturated heterocycles. The number of rotatable bonds is 6. The van der Waals surface area contributed by atoms with Crippen LogP contribution in [0.3, 0.4) is 0 Å². The quantitative estimate of drug-likeness (QED) is 0.535. The smallest absolute Gasteiger partial charge is 0.229 e. The summed E-state index contributed by atoms with van der Waals surface area (Å²) in [6, 6.07) is 5.89. The third kappa shape index (κ3) is 4.36. The summed E-state index contributed by atoms with van der Waals surface area (Å²) < 4.78 is 0. The number of hydrogen-bond donors (Lipinski definition) is 3. The third-order valence-electron chi connectivity index (χ3n) is 6.20. The Labute approximate surface area is 187 Å². The molecule has 0 unspecified atom stereocenters. The zero-order valence-corrected chi connectivity index (χ0v) is 18.2. The van der Waals surface area contributed by atoms with Crippen LogP contribution >= 0.6 is 0 Å². The minimum atomic E-state index is -0.106. The van der Waals surface area contributed by atoms with E-state index < -0.39 is 0 Å². The summed E-state index contributed by atoms with van der Waals surface area (Å²) in [7, 11) is 0. The van der Waals surface area contributed by atoms with Crippen LogP contribution in [0.2, 0.25) is 0 Å². The van der Waals surface area contributed by atoms with E-state index in [-0.39, 0.29) is 13.2 Å². The van der Waals surface area contributed by atoms with Crippen molar-refractivity contribution < 1.29 is 10.2 Å². The number of fused-ring (bicyclic) bond motifs is 2. The molecule has 2 aliphatic rings. The second kappa shape index (κ2) is 9.32. The van der Waals surface area contributed by atoms with E-state index in [0.717, 1.165) is 73.7 Å². The van der Waals surface area contributed by atoms with Crippen molar-refractivity contribution in [1.82, 2.24) is 24.8 Å². The third-order valence-corrected chi connectivity index (χ3v) is 6.20. The molecule has 0 radical (unpaired) electrons. The van der Waals surface area contributed by atoms with Crippen LogP contribution in [0.4, 0.5) is 17.6 Å². The Kier molecular flexibility index (Phi) is 6.11. The number of aliphatic hydroxyl groups excluding tert-OH is 2. The Bertz CT molecular complexity index is 1100. The Morgan fingerprint density at radius 1 is 1.00 bits per heavy atom. The van der Waals surface area contributed by atoms with Crippen molar-refractivity contribution in [3.63, 3.8) is 0 Å². The summed E-state index contributed by atoms with van der Waals surface area (Å²) in [6.45, 7) is 4.37. The number of hydrogen-bond acceptors (Lipinski definition) is 9. The highest BCUT2D eigenvalue weighted by Crippen LogP contribution is 2.28. The van der Waals surface area contributed by atoms with Gasteiger partial charge in [0.05, 0.1) is 18.9 Å². The lowest BCUT2D eigenvalue weighted by atomic mass is 10.1. The van der Waals surface area contributed by atoms with E-state index >= 15 is 0 Å². The van der Waals surface area contributed by atoms with Crippen LogP contribution in [0, 0.1) is 0 Å². The molecule has 0 aliphatic carbocycles. The molecule has 0 saturated carbocycles. The van der Waals surface area contributed by atoms with Crippen LogP contribution in [0.5, 0.6) is 0 Å². The van der Waals surface area contributed by atoms with Crippen molar-refractivity contribution in [3.8, 4) is 0 Å². The molecule has 0 atom stereocenters. The van der Waals surface area contributed by atoms with Crippen LogP contribution < -0.4 is 10.2 Å². The molecular formula is C23H29N7O2.